The molecule has 1 fully saturated rings. The van der Waals surface area contributed by atoms with Gasteiger partial charge in [0.15, 0.2) is 11.0 Å². The highest BCUT2D eigenvalue weighted by Gasteiger charge is 2.70. The van der Waals surface area contributed by atoms with Gasteiger partial charge >= 0.3 is 0 Å². The lowest BCUT2D eigenvalue weighted by molar-refractivity contribution is 0.0988. The molecular formula is C22H18ClF2N5OS. The zero-order valence-corrected chi connectivity index (χ0v) is 18.3. The Hall–Kier alpha value is -2.65. The summed E-state index contributed by atoms with van der Waals surface area (Å²) in [5.74, 6) is -1.17. The topological polar surface area (TPSA) is 93.1 Å². The zero-order valence-electron chi connectivity index (χ0n) is 16.8. The predicted molar refractivity (Wildman–Crippen MR) is 119 cm³/mol. The SMILES string of the molecule is NC1=N[C@](CF)(c2cc(CC(=O)c3ccc(Cl)cn3)ccc2F)[C@@H]2C[C@]2(C2=CCN=N2)S1. The first kappa shape index (κ1) is 21.2. The van der Waals surface area contributed by atoms with Crippen molar-refractivity contribution in [3.05, 3.63) is 76.0 Å². The molecule has 0 radical (unpaired) electrons. The van der Waals surface area contributed by atoms with Crippen LogP contribution in [-0.4, -0.2) is 33.9 Å². The van der Waals surface area contributed by atoms with E-state index in [1.54, 1.807) is 6.07 Å². The Balaban J connectivity index is 1.51. The van der Waals surface area contributed by atoms with Crippen LogP contribution in [0.15, 0.2) is 63.5 Å². The summed E-state index contributed by atoms with van der Waals surface area (Å²) in [7, 11) is 0. The molecule has 2 aromatic rings. The van der Waals surface area contributed by atoms with Gasteiger partial charge in [0.2, 0.25) is 0 Å². The highest BCUT2D eigenvalue weighted by molar-refractivity contribution is 8.15. The maximum atomic E-state index is 15.1. The molecule has 0 spiro atoms. The molecule has 5 rings (SSSR count). The highest BCUT2D eigenvalue weighted by Crippen LogP contribution is 2.69. The predicted octanol–water partition coefficient (Wildman–Crippen LogP) is 4.63. The molecule has 164 valence electrons. The molecule has 2 aliphatic heterocycles. The molecule has 1 aromatic heterocycles. The molecule has 3 atom stereocenters. The summed E-state index contributed by atoms with van der Waals surface area (Å²) in [6, 6.07) is 7.38. The number of hydrogen-bond acceptors (Lipinski definition) is 7. The highest BCUT2D eigenvalue weighted by atomic mass is 35.5. The van der Waals surface area contributed by atoms with E-state index in [-0.39, 0.29) is 34.5 Å². The second kappa shape index (κ2) is 7.74. The second-order valence-electron chi connectivity index (χ2n) is 8.05. The third kappa shape index (κ3) is 3.34. The quantitative estimate of drug-likeness (QED) is 0.619. The lowest BCUT2D eigenvalue weighted by Crippen LogP contribution is -2.40. The Morgan fingerprint density at radius 3 is 2.84 bits per heavy atom. The van der Waals surface area contributed by atoms with Crippen molar-refractivity contribution in [3.8, 4) is 0 Å². The fraction of sp³-hybridized carbons (Fsp3) is 0.318. The minimum absolute atomic E-state index is 0.0204. The number of carbonyl (C=O) groups excluding carboxylic acids is 1. The number of benzene rings is 1. The maximum absolute atomic E-state index is 15.1. The van der Waals surface area contributed by atoms with Crippen molar-refractivity contribution < 1.29 is 13.6 Å². The van der Waals surface area contributed by atoms with E-state index in [1.165, 1.54) is 42.2 Å². The number of azo groups is 1. The molecule has 2 N–H and O–H groups in total. The molecule has 1 aromatic carbocycles. The van der Waals surface area contributed by atoms with Crippen LogP contribution in [0, 0.1) is 11.7 Å². The van der Waals surface area contributed by atoms with Crippen molar-refractivity contribution >= 4 is 34.3 Å². The largest absolute Gasteiger partial charge is 0.378 e. The molecule has 0 bridgehead atoms. The van der Waals surface area contributed by atoms with Crippen LogP contribution in [0.3, 0.4) is 0 Å². The number of aromatic nitrogens is 1. The van der Waals surface area contributed by atoms with E-state index in [0.29, 0.717) is 23.6 Å². The smallest absolute Gasteiger partial charge is 0.185 e. The van der Waals surface area contributed by atoms with Crippen LogP contribution in [0.25, 0.3) is 0 Å². The number of pyridine rings is 1. The Morgan fingerprint density at radius 1 is 1.31 bits per heavy atom. The molecule has 6 nitrogen and oxygen atoms in total. The number of hydrogen-bond donors (Lipinski definition) is 1. The van der Waals surface area contributed by atoms with Crippen molar-refractivity contribution in [1.82, 2.24) is 4.98 Å². The van der Waals surface area contributed by atoms with E-state index in [4.69, 9.17) is 17.3 Å². The fourth-order valence-electron chi connectivity index (χ4n) is 4.55. The molecule has 3 heterocycles. The minimum Gasteiger partial charge on any atom is -0.378 e. The van der Waals surface area contributed by atoms with Gasteiger partial charge in [-0.3, -0.25) is 9.78 Å². The summed E-state index contributed by atoms with van der Waals surface area (Å²) in [6.07, 6.45) is 3.82. The first-order chi connectivity index (χ1) is 15.4. The van der Waals surface area contributed by atoms with Gasteiger partial charge in [0.05, 0.1) is 22.0 Å². The number of ketones is 1. The Morgan fingerprint density at radius 2 is 2.16 bits per heavy atom. The van der Waals surface area contributed by atoms with E-state index in [9.17, 15) is 9.18 Å². The van der Waals surface area contributed by atoms with Crippen molar-refractivity contribution in [2.24, 2.45) is 26.9 Å². The molecule has 32 heavy (non-hydrogen) atoms. The summed E-state index contributed by atoms with van der Waals surface area (Å²) < 4.78 is 29.2. The average molecular weight is 474 g/mol. The van der Waals surface area contributed by atoms with Gasteiger partial charge in [-0.15, -0.1) is 0 Å². The van der Waals surface area contributed by atoms with E-state index in [2.05, 4.69) is 20.2 Å². The van der Waals surface area contributed by atoms with E-state index < -0.39 is 22.8 Å². The van der Waals surface area contributed by atoms with Crippen LogP contribution < -0.4 is 5.73 Å². The first-order valence-corrected chi connectivity index (χ1v) is 11.2. The number of amidine groups is 1. The number of halogens is 3. The van der Waals surface area contributed by atoms with Gasteiger partial charge in [0, 0.05) is 24.1 Å². The van der Waals surface area contributed by atoms with Gasteiger partial charge in [0.25, 0.3) is 0 Å². The average Bonchev–Trinajstić information content (AvgIpc) is 3.26. The van der Waals surface area contributed by atoms with Crippen LogP contribution in [0.1, 0.15) is 28.0 Å². The number of fused-ring (bicyclic) bond motifs is 1. The lowest BCUT2D eigenvalue weighted by Gasteiger charge is -2.35. The molecular weight excluding hydrogens is 456 g/mol. The number of nitrogens with zero attached hydrogens (tertiary/aromatic N) is 4. The van der Waals surface area contributed by atoms with Gasteiger partial charge < -0.3 is 5.73 Å². The molecule has 0 unspecified atom stereocenters. The van der Waals surface area contributed by atoms with Gasteiger partial charge in [-0.05, 0) is 42.3 Å². The number of rotatable bonds is 6. The minimum atomic E-state index is -1.48. The number of aliphatic imine (C=N–C) groups is 1. The molecule has 1 saturated carbocycles. The van der Waals surface area contributed by atoms with Gasteiger partial charge in [0.1, 0.15) is 23.7 Å². The molecule has 1 aliphatic carbocycles. The van der Waals surface area contributed by atoms with E-state index in [0.717, 1.165) is 5.70 Å². The first-order valence-electron chi connectivity index (χ1n) is 10.00. The van der Waals surface area contributed by atoms with Crippen LogP contribution in [0.2, 0.25) is 5.02 Å². The molecule has 10 heteroatoms. The lowest BCUT2D eigenvalue weighted by atomic mass is 9.83. The summed E-state index contributed by atoms with van der Waals surface area (Å²) in [6.45, 7) is -0.452. The standard InChI is InChI=1S/C22H18ClF2N5OS/c23-13-2-4-16(27-10-13)17(31)8-12-1-3-15(25)14(7-12)21(11-24)18-9-22(18,32-20(26)29-21)19-5-6-28-30-19/h1-5,7,10,18H,6,8-9,11H2,(H2,26,29)/t18-,21+,22-/m0/s1. The van der Waals surface area contributed by atoms with Crippen LogP contribution in [-0.2, 0) is 12.0 Å². The van der Waals surface area contributed by atoms with Crippen molar-refractivity contribution in [3.63, 3.8) is 0 Å². The summed E-state index contributed by atoms with van der Waals surface area (Å²) in [5, 5.41) is 8.81. The second-order valence-corrected chi connectivity index (χ2v) is 9.83. The fourth-order valence-corrected chi connectivity index (χ4v) is 6.06. The van der Waals surface area contributed by atoms with Crippen LogP contribution in [0.5, 0.6) is 0 Å². The van der Waals surface area contributed by atoms with Gasteiger partial charge in [-0.1, -0.05) is 29.4 Å². The van der Waals surface area contributed by atoms with Crippen molar-refractivity contribution in [2.75, 3.05) is 13.2 Å². The number of alkyl halides is 1. The monoisotopic (exact) mass is 473 g/mol. The molecule has 0 saturated heterocycles. The van der Waals surface area contributed by atoms with Gasteiger partial charge in [-0.25, -0.2) is 13.8 Å². The third-order valence-electron chi connectivity index (χ3n) is 6.14. The zero-order chi connectivity index (χ0) is 22.5. The molecule has 3 aliphatic rings. The normalized spacial score (nSPS) is 28.2. The van der Waals surface area contributed by atoms with Gasteiger partial charge in [-0.2, -0.15) is 10.2 Å². The van der Waals surface area contributed by atoms with Crippen LogP contribution >= 0.6 is 23.4 Å². The van der Waals surface area contributed by atoms with Crippen LogP contribution in [0.4, 0.5) is 8.78 Å². The van der Waals surface area contributed by atoms with Crippen molar-refractivity contribution in [1.29, 1.82) is 0 Å². The van der Waals surface area contributed by atoms with E-state index >= 15 is 4.39 Å². The van der Waals surface area contributed by atoms with E-state index in [1.807, 2.05) is 6.08 Å². The Labute approximate surface area is 192 Å². The number of thioether (sulfide) groups is 1. The summed E-state index contributed by atoms with van der Waals surface area (Å²) in [5.41, 5.74) is 6.24. The third-order valence-corrected chi connectivity index (χ3v) is 7.69. The number of carbonyl (C=O) groups is 1. The number of nitrogens with two attached hydrogens (primary N) is 1. The summed E-state index contributed by atoms with van der Waals surface area (Å²) >= 11 is 7.16. The Bertz CT molecular complexity index is 1200. The van der Waals surface area contributed by atoms with Crippen molar-refractivity contribution in [2.45, 2.75) is 23.1 Å². The maximum Gasteiger partial charge on any atom is 0.185 e. The Kier molecular flexibility index (Phi) is 5.13. The summed E-state index contributed by atoms with van der Waals surface area (Å²) in [4.78, 5) is 21.1. The molecule has 0 amide bonds. The number of Topliss-reactive ketones (excluding diaryl/α,β-unsaturated/α-hetero) is 1.